The minimum absolute atomic E-state index is 0.312. The number of aliphatic hydroxyl groups is 1. The van der Waals surface area contributed by atoms with E-state index in [-0.39, 0.29) is 0 Å². The summed E-state index contributed by atoms with van der Waals surface area (Å²) in [6.07, 6.45) is 7.37. The second-order valence-electron chi connectivity index (χ2n) is 4.87. The zero-order valence-electron chi connectivity index (χ0n) is 9.04. The highest BCUT2D eigenvalue weighted by Crippen LogP contribution is 2.46. The number of thioether (sulfide) groups is 1. The lowest BCUT2D eigenvalue weighted by Crippen LogP contribution is -2.39. The van der Waals surface area contributed by atoms with Gasteiger partial charge < -0.3 is 10.0 Å². The number of hydrogen-bond donors (Lipinski definition) is 1. The maximum atomic E-state index is 9.25. The molecule has 0 radical (unpaired) electrons. The van der Waals surface area contributed by atoms with Gasteiger partial charge in [0, 0.05) is 23.8 Å². The Balaban J connectivity index is 1.73. The molecular weight excluding hydrogens is 194 g/mol. The molecule has 1 saturated carbocycles. The molecule has 0 atom stereocenters. The molecular formula is C11H21NOS. The fourth-order valence-electron chi connectivity index (χ4n) is 2.32. The van der Waals surface area contributed by atoms with Crippen molar-refractivity contribution in [2.75, 3.05) is 32.5 Å². The molecule has 0 unspecified atom stereocenters. The second kappa shape index (κ2) is 4.42. The van der Waals surface area contributed by atoms with E-state index in [9.17, 15) is 5.11 Å². The van der Waals surface area contributed by atoms with Gasteiger partial charge in [0.2, 0.25) is 0 Å². The smallest absolute Gasteiger partial charge is 0.0499 e. The summed E-state index contributed by atoms with van der Waals surface area (Å²) in [5, 5.41) is 10.1. The Morgan fingerprint density at radius 1 is 1.36 bits per heavy atom. The van der Waals surface area contributed by atoms with Gasteiger partial charge in [0.05, 0.1) is 0 Å². The molecule has 2 rings (SSSR count). The van der Waals surface area contributed by atoms with Gasteiger partial charge in [-0.15, -0.1) is 0 Å². The van der Waals surface area contributed by atoms with Crippen LogP contribution in [0.5, 0.6) is 0 Å². The molecule has 1 heterocycles. The Labute approximate surface area is 91.1 Å². The quantitative estimate of drug-likeness (QED) is 0.770. The summed E-state index contributed by atoms with van der Waals surface area (Å²) in [5.41, 5.74) is 0.312. The van der Waals surface area contributed by atoms with Gasteiger partial charge in [-0.25, -0.2) is 0 Å². The third-order valence-corrected chi connectivity index (χ3v) is 4.86. The fraction of sp³-hybridized carbons (Fsp3) is 1.00. The van der Waals surface area contributed by atoms with E-state index in [0.717, 1.165) is 11.8 Å². The molecule has 0 aromatic carbocycles. The van der Waals surface area contributed by atoms with Crippen LogP contribution in [0.15, 0.2) is 0 Å². The van der Waals surface area contributed by atoms with Gasteiger partial charge in [-0.05, 0) is 45.0 Å². The molecule has 3 heteroatoms. The number of aliphatic hydroxyl groups excluding tert-OH is 1. The predicted molar refractivity (Wildman–Crippen MR) is 61.7 cm³/mol. The average molecular weight is 215 g/mol. The van der Waals surface area contributed by atoms with Crippen molar-refractivity contribution in [3.8, 4) is 0 Å². The number of piperidine rings is 1. The third-order valence-electron chi connectivity index (χ3n) is 3.72. The van der Waals surface area contributed by atoms with Gasteiger partial charge >= 0.3 is 0 Å². The molecule has 82 valence electrons. The first-order valence-electron chi connectivity index (χ1n) is 5.64. The highest BCUT2D eigenvalue weighted by atomic mass is 32.2. The zero-order chi connectivity index (χ0) is 10.0. The van der Waals surface area contributed by atoms with Crippen molar-refractivity contribution in [2.24, 2.45) is 5.41 Å². The van der Waals surface area contributed by atoms with Gasteiger partial charge in [0.15, 0.2) is 0 Å². The lowest BCUT2D eigenvalue weighted by molar-refractivity contribution is 0.135. The number of likely N-dealkylation sites (tertiary alicyclic amines) is 1. The Kier molecular flexibility index (Phi) is 3.40. The summed E-state index contributed by atoms with van der Waals surface area (Å²) < 4.78 is 0. The predicted octanol–water partition coefficient (Wildman–Crippen LogP) is 1.59. The average Bonchev–Trinajstić information content (AvgIpc) is 3.00. The van der Waals surface area contributed by atoms with Crippen LogP contribution in [0.1, 0.15) is 25.7 Å². The van der Waals surface area contributed by atoms with Gasteiger partial charge in [0.25, 0.3) is 0 Å². The van der Waals surface area contributed by atoms with Crippen LogP contribution in [0.4, 0.5) is 0 Å². The molecule has 14 heavy (non-hydrogen) atoms. The van der Waals surface area contributed by atoms with E-state index in [1.165, 1.54) is 38.8 Å². The van der Waals surface area contributed by atoms with Crippen molar-refractivity contribution in [1.82, 2.24) is 4.90 Å². The lowest BCUT2D eigenvalue weighted by Gasteiger charge is -2.33. The van der Waals surface area contributed by atoms with Crippen molar-refractivity contribution in [3.05, 3.63) is 0 Å². The second-order valence-corrected chi connectivity index (χ2v) is 6.01. The molecule has 0 bridgehead atoms. The van der Waals surface area contributed by atoms with E-state index >= 15 is 0 Å². The minimum Gasteiger partial charge on any atom is -0.396 e. The largest absolute Gasteiger partial charge is 0.396 e. The van der Waals surface area contributed by atoms with Crippen LogP contribution in [-0.2, 0) is 0 Å². The van der Waals surface area contributed by atoms with Crippen molar-refractivity contribution in [1.29, 1.82) is 0 Å². The van der Waals surface area contributed by atoms with Crippen molar-refractivity contribution < 1.29 is 5.11 Å². The van der Waals surface area contributed by atoms with E-state index in [1.54, 1.807) is 0 Å². The van der Waals surface area contributed by atoms with E-state index in [0.29, 0.717) is 12.0 Å². The molecule has 1 aliphatic carbocycles. The molecule has 2 fully saturated rings. The van der Waals surface area contributed by atoms with Crippen LogP contribution in [-0.4, -0.2) is 47.8 Å². The molecule has 1 aliphatic heterocycles. The van der Waals surface area contributed by atoms with Gasteiger partial charge in [-0.2, -0.15) is 11.8 Å². The van der Waals surface area contributed by atoms with Crippen LogP contribution in [0.3, 0.4) is 0 Å². The Hall–Kier alpha value is 0.270. The van der Waals surface area contributed by atoms with Crippen LogP contribution in [0, 0.1) is 5.41 Å². The number of rotatable bonds is 4. The Morgan fingerprint density at radius 3 is 2.43 bits per heavy atom. The molecule has 2 nitrogen and oxygen atoms in total. The first-order valence-corrected chi connectivity index (χ1v) is 6.93. The van der Waals surface area contributed by atoms with Crippen molar-refractivity contribution in [2.45, 2.75) is 30.9 Å². The van der Waals surface area contributed by atoms with E-state index < -0.39 is 0 Å². The van der Waals surface area contributed by atoms with E-state index in [4.69, 9.17) is 0 Å². The normalized spacial score (nSPS) is 27.9. The van der Waals surface area contributed by atoms with E-state index in [1.807, 2.05) is 11.8 Å². The molecule has 0 aromatic heterocycles. The Morgan fingerprint density at radius 2 is 2.00 bits per heavy atom. The highest BCUT2D eigenvalue weighted by molar-refractivity contribution is 7.99. The van der Waals surface area contributed by atoms with Gasteiger partial charge in [0.1, 0.15) is 0 Å². The summed E-state index contributed by atoms with van der Waals surface area (Å²) in [6.45, 7) is 4.03. The van der Waals surface area contributed by atoms with E-state index in [2.05, 4.69) is 11.2 Å². The maximum Gasteiger partial charge on any atom is 0.0499 e. The first-order chi connectivity index (χ1) is 6.78. The summed E-state index contributed by atoms with van der Waals surface area (Å²) >= 11 is 2.01. The fourth-order valence-corrected chi connectivity index (χ4v) is 3.00. The summed E-state index contributed by atoms with van der Waals surface area (Å²) in [5.74, 6) is 0. The molecule has 2 aliphatic rings. The van der Waals surface area contributed by atoms with Crippen LogP contribution in [0.25, 0.3) is 0 Å². The highest BCUT2D eigenvalue weighted by Gasteiger charge is 2.43. The molecule has 0 aromatic rings. The summed E-state index contributed by atoms with van der Waals surface area (Å²) in [7, 11) is 0. The molecule has 1 saturated heterocycles. The summed E-state index contributed by atoms with van der Waals surface area (Å²) in [6, 6.07) is 0. The van der Waals surface area contributed by atoms with Crippen LogP contribution < -0.4 is 0 Å². The standard InChI is InChI=1S/C11H21NOS/c1-14-10-2-6-12(7-3-10)8-11(9-13)4-5-11/h10,13H,2-9H2,1H3. The van der Waals surface area contributed by atoms with Crippen molar-refractivity contribution >= 4 is 11.8 Å². The molecule has 1 N–H and O–H groups in total. The molecule has 0 amide bonds. The number of hydrogen-bond acceptors (Lipinski definition) is 3. The van der Waals surface area contributed by atoms with Crippen molar-refractivity contribution in [3.63, 3.8) is 0 Å². The molecule has 0 spiro atoms. The Bertz CT molecular complexity index is 186. The minimum atomic E-state index is 0.312. The summed E-state index contributed by atoms with van der Waals surface area (Å²) in [4.78, 5) is 2.55. The zero-order valence-corrected chi connectivity index (χ0v) is 9.85. The third kappa shape index (κ3) is 2.44. The topological polar surface area (TPSA) is 23.5 Å². The maximum absolute atomic E-state index is 9.25. The van der Waals surface area contributed by atoms with Gasteiger partial charge in [-0.3, -0.25) is 0 Å². The van der Waals surface area contributed by atoms with Crippen LogP contribution in [0.2, 0.25) is 0 Å². The SMILES string of the molecule is CSC1CCN(CC2(CO)CC2)CC1. The number of nitrogens with zero attached hydrogens (tertiary/aromatic N) is 1. The lowest BCUT2D eigenvalue weighted by atomic mass is 10.0. The van der Waals surface area contributed by atoms with Crippen LogP contribution >= 0.6 is 11.8 Å². The monoisotopic (exact) mass is 215 g/mol. The van der Waals surface area contributed by atoms with Gasteiger partial charge in [-0.1, -0.05) is 0 Å². The first kappa shape index (κ1) is 10.8.